The van der Waals surface area contributed by atoms with Gasteiger partial charge in [-0.3, -0.25) is 9.59 Å². The normalized spacial score (nSPS) is 23.2. The summed E-state index contributed by atoms with van der Waals surface area (Å²) in [6, 6.07) is 6.64. The van der Waals surface area contributed by atoms with E-state index in [-0.39, 0.29) is 11.9 Å². The van der Waals surface area contributed by atoms with Crippen LogP contribution in [0.1, 0.15) is 44.7 Å². The summed E-state index contributed by atoms with van der Waals surface area (Å²) in [4.78, 5) is 25.8. The standard InChI is InChI=1S/C16H20ClNO3/c1-10(2)18-14(19)8-4-7-13(16(20)21)15(18)11-5-3-6-12(17)9-11/h3,5-6,9-10,13,15H,4,7-8H2,1-2H3,(H,20,21). The summed E-state index contributed by atoms with van der Waals surface area (Å²) in [7, 11) is 0. The maximum Gasteiger partial charge on any atom is 0.308 e. The molecule has 4 nitrogen and oxygen atoms in total. The van der Waals surface area contributed by atoms with Gasteiger partial charge < -0.3 is 10.0 Å². The van der Waals surface area contributed by atoms with E-state index < -0.39 is 17.9 Å². The number of benzene rings is 1. The number of nitrogens with zero attached hydrogens (tertiary/aromatic N) is 1. The molecule has 0 radical (unpaired) electrons. The smallest absolute Gasteiger partial charge is 0.308 e. The highest BCUT2D eigenvalue weighted by molar-refractivity contribution is 6.30. The SMILES string of the molecule is CC(C)N1C(=O)CCCC(C(=O)O)C1c1cccc(Cl)c1. The van der Waals surface area contributed by atoms with E-state index in [1.54, 1.807) is 23.1 Å². The lowest BCUT2D eigenvalue weighted by Crippen LogP contribution is -2.43. The summed E-state index contributed by atoms with van der Waals surface area (Å²) < 4.78 is 0. The maximum atomic E-state index is 12.4. The molecule has 1 fully saturated rings. The lowest BCUT2D eigenvalue weighted by Gasteiger charge is -2.37. The van der Waals surface area contributed by atoms with Crippen molar-refractivity contribution in [2.75, 3.05) is 0 Å². The van der Waals surface area contributed by atoms with Crippen LogP contribution < -0.4 is 0 Å². The van der Waals surface area contributed by atoms with E-state index in [1.807, 2.05) is 19.9 Å². The Morgan fingerprint density at radius 3 is 2.71 bits per heavy atom. The van der Waals surface area contributed by atoms with E-state index in [0.717, 1.165) is 5.56 Å². The molecule has 114 valence electrons. The van der Waals surface area contributed by atoms with Gasteiger partial charge in [-0.15, -0.1) is 0 Å². The Balaban J connectivity index is 2.53. The van der Waals surface area contributed by atoms with Crippen molar-refractivity contribution in [3.8, 4) is 0 Å². The highest BCUT2D eigenvalue weighted by Crippen LogP contribution is 2.37. The molecule has 1 N–H and O–H groups in total. The summed E-state index contributed by atoms with van der Waals surface area (Å²) >= 11 is 6.04. The summed E-state index contributed by atoms with van der Waals surface area (Å²) in [6.45, 7) is 3.83. The molecule has 1 saturated heterocycles. The average molecular weight is 310 g/mol. The molecule has 0 aliphatic carbocycles. The minimum Gasteiger partial charge on any atom is -0.481 e. The molecule has 21 heavy (non-hydrogen) atoms. The summed E-state index contributed by atoms with van der Waals surface area (Å²) in [5.41, 5.74) is 0.791. The minimum absolute atomic E-state index is 0.0127. The third-order valence-electron chi connectivity index (χ3n) is 3.94. The molecule has 1 aliphatic heterocycles. The summed E-state index contributed by atoms with van der Waals surface area (Å²) in [5, 5.41) is 10.1. The van der Waals surface area contributed by atoms with Crippen molar-refractivity contribution in [2.24, 2.45) is 5.92 Å². The first-order valence-corrected chi connectivity index (χ1v) is 7.59. The van der Waals surface area contributed by atoms with E-state index in [4.69, 9.17) is 11.6 Å². The van der Waals surface area contributed by atoms with Crippen LogP contribution in [0.3, 0.4) is 0 Å². The quantitative estimate of drug-likeness (QED) is 0.929. The predicted molar refractivity (Wildman–Crippen MR) is 81.2 cm³/mol. The zero-order valence-corrected chi connectivity index (χ0v) is 13.0. The molecule has 2 unspecified atom stereocenters. The molecule has 0 spiro atoms. The third-order valence-corrected chi connectivity index (χ3v) is 4.17. The topological polar surface area (TPSA) is 57.6 Å². The molecule has 1 aromatic carbocycles. The molecule has 0 saturated carbocycles. The monoisotopic (exact) mass is 309 g/mol. The van der Waals surface area contributed by atoms with Gasteiger partial charge in [-0.25, -0.2) is 0 Å². The summed E-state index contributed by atoms with van der Waals surface area (Å²) in [5.74, 6) is -1.45. The first kappa shape index (κ1) is 15.8. The van der Waals surface area contributed by atoms with Crippen molar-refractivity contribution in [2.45, 2.75) is 45.2 Å². The van der Waals surface area contributed by atoms with Crippen LogP contribution in [-0.4, -0.2) is 27.9 Å². The van der Waals surface area contributed by atoms with Crippen LogP contribution in [0.4, 0.5) is 0 Å². The van der Waals surface area contributed by atoms with Gasteiger partial charge in [0.2, 0.25) is 5.91 Å². The second kappa shape index (κ2) is 6.48. The van der Waals surface area contributed by atoms with Crippen LogP contribution in [0.5, 0.6) is 0 Å². The fourth-order valence-electron chi connectivity index (χ4n) is 3.06. The van der Waals surface area contributed by atoms with Crippen molar-refractivity contribution in [1.29, 1.82) is 0 Å². The van der Waals surface area contributed by atoms with E-state index >= 15 is 0 Å². The Kier molecular flexibility index (Phi) is 4.88. The van der Waals surface area contributed by atoms with Gasteiger partial charge in [0, 0.05) is 17.5 Å². The minimum atomic E-state index is -0.861. The van der Waals surface area contributed by atoms with Crippen LogP contribution in [0.25, 0.3) is 0 Å². The molecule has 2 rings (SSSR count). The highest BCUT2D eigenvalue weighted by Gasteiger charge is 2.39. The van der Waals surface area contributed by atoms with E-state index in [1.165, 1.54) is 0 Å². The average Bonchev–Trinajstić information content (AvgIpc) is 2.57. The molecule has 0 aromatic heterocycles. The van der Waals surface area contributed by atoms with Crippen LogP contribution in [0.2, 0.25) is 5.02 Å². The molecular formula is C16H20ClNO3. The Morgan fingerprint density at radius 2 is 2.14 bits per heavy atom. The first-order valence-electron chi connectivity index (χ1n) is 7.21. The molecule has 2 atom stereocenters. The molecule has 1 amide bonds. The molecule has 0 bridgehead atoms. The van der Waals surface area contributed by atoms with E-state index in [0.29, 0.717) is 24.3 Å². The summed E-state index contributed by atoms with van der Waals surface area (Å²) in [6.07, 6.45) is 1.51. The van der Waals surface area contributed by atoms with Gasteiger partial charge in [-0.1, -0.05) is 23.7 Å². The zero-order chi connectivity index (χ0) is 15.6. The number of likely N-dealkylation sites (tertiary alicyclic amines) is 1. The number of carboxylic acids is 1. The predicted octanol–water partition coefficient (Wildman–Crippen LogP) is 3.50. The number of hydrogen-bond acceptors (Lipinski definition) is 2. The van der Waals surface area contributed by atoms with Crippen molar-refractivity contribution >= 4 is 23.5 Å². The Bertz CT molecular complexity index is 544. The highest BCUT2D eigenvalue weighted by atomic mass is 35.5. The lowest BCUT2D eigenvalue weighted by molar-refractivity contribution is -0.147. The van der Waals surface area contributed by atoms with Crippen LogP contribution in [-0.2, 0) is 9.59 Å². The Hall–Kier alpha value is -1.55. The fourth-order valence-corrected chi connectivity index (χ4v) is 3.26. The molecule has 5 heteroatoms. The molecule has 1 heterocycles. The van der Waals surface area contributed by atoms with Gasteiger partial charge in [0.1, 0.15) is 0 Å². The number of amides is 1. The number of hydrogen-bond donors (Lipinski definition) is 1. The van der Waals surface area contributed by atoms with Gasteiger partial charge in [-0.05, 0) is 44.4 Å². The number of carbonyl (C=O) groups excluding carboxylic acids is 1. The van der Waals surface area contributed by atoms with Crippen LogP contribution >= 0.6 is 11.6 Å². The lowest BCUT2D eigenvalue weighted by atomic mass is 9.88. The molecular weight excluding hydrogens is 290 g/mol. The second-order valence-electron chi connectivity index (χ2n) is 5.73. The Labute approximate surface area is 129 Å². The van der Waals surface area contributed by atoms with E-state index in [9.17, 15) is 14.7 Å². The fraction of sp³-hybridized carbons (Fsp3) is 0.500. The number of carbonyl (C=O) groups is 2. The van der Waals surface area contributed by atoms with Gasteiger partial charge in [0.15, 0.2) is 0 Å². The van der Waals surface area contributed by atoms with Gasteiger partial charge in [0.05, 0.1) is 12.0 Å². The second-order valence-corrected chi connectivity index (χ2v) is 6.17. The molecule has 1 aromatic rings. The van der Waals surface area contributed by atoms with Crippen molar-refractivity contribution in [1.82, 2.24) is 4.90 Å². The van der Waals surface area contributed by atoms with Crippen LogP contribution in [0, 0.1) is 5.92 Å². The van der Waals surface area contributed by atoms with Crippen LogP contribution in [0.15, 0.2) is 24.3 Å². The zero-order valence-electron chi connectivity index (χ0n) is 12.3. The number of aliphatic carboxylic acids is 1. The van der Waals surface area contributed by atoms with Crippen molar-refractivity contribution in [3.63, 3.8) is 0 Å². The van der Waals surface area contributed by atoms with Crippen molar-refractivity contribution < 1.29 is 14.7 Å². The van der Waals surface area contributed by atoms with Gasteiger partial charge in [-0.2, -0.15) is 0 Å². The third kappa shape index (κ3) is 3.38. The van der Waals surface area contributed by atoms with Crippen molar-refractivity contribution in [3.05, 3.63) is 34.9 Å². The van der Waals surface area contributed by atoms with Gasteiger partial charge >= 0.3 is 5.97 Å². The number of carboxylic acid groups (broad SMARTS) is 1. The molecule has 1 aliphatic rings. The van der Waals surface area contributed by atoms with Gasteiger partial charge in [0.25, 0.3) is 0 Å². The Morgan fingerprint density at radius 1 is 1.43 bits per heavy atom. The number of halogens is 1. The number of rotatable bonds is 3. The van der Waals surface area contributed by atoms with E-state index in [2.05, 4.69) is 0 Å². The largest absolute Gasteiger partial charge is 0.481 e. The first-order chi connectivity index (χ1) is 9.91. The maximum absolute atomic E-state index is 12.4.